The second kappa shape index (κ2) is 11.4. The smallest absolute Gasteiger partial charge is 0.308 e. The number of methoxy groups -OCH3 is 1. The van der Waals surface area contributed by atoms with Gasteiger partial charge in [-0.1, -0.05) is 93.6 Å². The van der Waals surface area contributed by atoms with Gasteiger partial charge >= 0.3 is 5.97 Å². The molecule has 1 saturated heterocycles. The van der Waals surface area contributed by atoms with Crippen molar-refractivity contribution in [2.45, 2.75) is 57.5 Å². The van der Waals surface area contributed by atoms with Gasteiger partial charge in [-0.15, -0.1) is 0 Å². The zero-order valence-corrected chi connectivity index (χ0v) is 22.6. The molecule has 0 aliphatic carbocycles. The van der Waals surface area contributed by atoms with E-state index in [0.29, 0.717) is 19.6 Å². The number of hydrogen-bond acceptors (Lipinski definition) is 5. The Morgan fingerprint density at radius 2 is 1.47 bits per heavy atom. The summed E-state index contributed by atoms with van der Waals surface area (Å²) in [4.78, 5) is 12.2. The molecular weight excluding hydrogens is 468 g/mol. The molecule has 6 heteroatoms. The minimum atomic E-state index is -2.63. The molecule has 0 amide bonds. The van der Waals surface area contributed by atoms with Crippen molar-refractivity contribution < 1.29 is 23.4 Å². The summed E-state index contributed by atoms with van der Waals surface area (Å²) in [6.07, 6.45) is 0.236. The zero-order valence-electron chi connectivity index (χ0n) is 21.6. The van der Waals surface area contributed by atoms with Gasteiger partial charge in [0.2, 0.25) is 0 Å². The van der Waals surface area contributed by atoms with Crippen LogP contribution in [0.3, 0.4) is 0 Å². The van der Waals surface area contributed by atoms with E-state index in [2.05, 4.69) is 69.3 Å². The molecule has 0 unspecified atom stereocenters. The van der Waals surface area contributed by atoms with E-state index in [1.165, 1.54) is 10.4 Å². The third-order valence-electron chi connectivity index (χ3n) is 6.83. The van der Waals surface area contributed by atoms with Gasteiger partial charge in [0.15, 0.2) is 0 Å². The summed E-state index contributed by atoms with van der Waals surface area (Å²) in [5.74, 6) is 0.585. The Balaban J connectivity index is 1.49. The molecule has 1 aliphatic rings. The topological polar surface area (TPSA) is 54.0 Å². The second-order valence-corrected chi connectivity index (χ2v) is 14.5. The predicted molar refractivity (Wildman–Crippen MR) is 144 cm³/mol. The van der Waals surface area contributed by atoms with Crippen molar-refractivity contribution in [2.75, 3.05) is 13.7 Å². The normalized spacial score (nSPS) is 18.2. The molecule has 0 saturated carbocycles. The van der Waals surface area contributed by atoms with Crippen molar-refractivity contribution >= 4 is 24.7 Å². The monoisotopic (exact) mass is 504 g/mol. The Bertz CT molecular complexity index is 1070. The second-order valence-electron chi connectivity index (χ2n) is 10.2. The van der Waals surface area contributed by atoms with E-state index >= 15 is 0 Å². The highest BCUT2D eigenvalue weighted by atomic mass is 28.4. The van der Waals surface area contributed by atoms with E-state index in [-0.39, 0.29) is 29.6 Å². The molecular formula is C30H36O5Si. The number of rotatable bonds is 10. The number of ether oxygens (including phenoxy) is 3. The summed E-state index contributed by atoms with van der Waals surface area (Å²) in [7, 11) is -0.988. The average Bonchev–Trinajstić information content (AvgIpc) is 3.25. The van der Waals surface area contributed by atoms with Crippen molar-refractivity contribution in [2.24, 2.45) is 0 Å². The van der Waals surface area contributed by atoms with Gasteiger partial charge in [0.1, 0.15) is 18.0 Å². The molecule has 36 heavy (non-hydrogen) atoms. The molecule has 0 radical (unpaired) electrons. The molecule has 2 atom stereocenters. The number of carbonyl (C=O) groups excluding carboxylic acids is 1. The van der Waals surface area contributed by atoms with Crippen molar-refractivity contribution in [3.63, 3.8) is 0 Å². The standard InChI is InChI=1S/C30H36O5Si/c1-30(2,3)36(25-11-7-5-8-12-25,26-13-9-6-10-14-26)34-20-19-27-28(21-29(31)35-27)33-22-23-15-17-24(32-4)18-16-23/h5-18,27-28H,19-22H2,1-4H3/t27-,28-/m1/s1. The quantitative estimate of drug-likeness (QED) is 0.292. The van der Waals surface area contributed by atoms with Crippen LogP contribution in [0.15, 0.2) is 84.9 Å². The third kappa shape index (κ3) is 5.72. The highest BCUT2D eigenvalue weighted by Gasteiger charge is 2.50. The van der Waals surface area contributed by atoms with Gasteiger partial charge in [0.25, 0.3) is 8.32 Å². The number of cyclic esters (lactones) is 1. The molecule has 1 fully saturated rings. The van der Waals surface area contributed by atoms with E-state index in [9.17, 15) is 4.79 Å². The average molecular weight is 505 g/mol. The fraction of sp³-hybridized carbons (Fsp3) is 0.367. The molecule has 0 N–H and O–H groups in total. The van der Waals surface area contributed by atoms with Crippen LogP contribution in [-0.4, -0.2) is 40.2 Å². The first-order chi connectivity index (χ1) is 17.3. The van der Waals surface area contributed by atoms with Crippen molar-refractivity contribution in [1.82, 2.24) is 0 Å². The van der Waals surface area contributed by atoms with E-state index in [0.717, 1.165) is 11.3 Å². The van der Waals surface area contributed by atoms with Crippen LogP contribution in [0.25, 0.3) is 0 Å². The zero-order chi connectivity index (χ0) is 25.6. The summed E-state index contributed by atoms with van der Waals surface area (Å²) in [5.41, 5.74) is 1.03. The Kier molecular flexibility index (Phi) is 8.29. The minimum absolute atomic E-state index is 0.105. The Hall–Kier alpha value is -2.93. The highest BCUT2D eigenvalue weighted by Crippen LogP contribution is 2.37. The summed E-state index contributed by atoms with van der Waals surface area (Å²) in [6.45, 7) is 7.67. The molecule has 0 bridgehead atoms. The maximum Gasteiger partial charge on any atom is 0.308 e. The largest absolute Gasteiger partial charge is 0.497 e. The molecule has 4 rings (SSSR count). The lowest BCUT2D eigenvalue weighted by atomic mass is 10.1. The number of carbonyl (C=O) groups is 1. The van der Waals surface area contributed by atoms with Crippen LogP contribution < -0.4 is 15.1 Å². The van der Waals surface area contributed by atoms with Crippen molar-refractivity contribution in [3.05, 3.63) is 90.5 Å². The Labute approximate surface area is 215 Å². The summed E-state index contributed by atoms with van der Waals surface area (Å²) in [6, 6.07) is 28.9. The summed E-state index contributed by atoms with van der Waals surface area (Å²) < 4.78 is 24.0. The van der Waals surface area contributed by atoms with Crippen LogP contribution in [0.2, 0.25) is 5.04 Å². The van der Waals surface area contributed by atoms with Gasteiger partial charge in [-0.2, -0.15) is 0 Å². The summed E-state index contributed by atoms with van der Waals surface area (Å²) in [5, 5.41) is 2.37. The molecule has 0 aromatic heterocycles. The first-order valence-electron chi connectivity index (χ1n) is 12.5. The van der Waals surface area contributed by atoms with Crippen LogP contribution >= 0.6 is 0 Å². The van der Waals surface area contributed by atoms with Crippen molar-refractivity contribution in [1.29, 1.82) is 0 Å². The van der Waals surface area contributed by atoms with Crippen LogP contribution in [0.4, 0.5) is 0 Å². The lowest BCUT2D eigenvalue weighted by Crippen LogP contribution is -2.66. The van der Waals surface area contributed by atoms with Crippen LogP contribution in [0.1, 0.15) is 39.2 Å². The van der Waals surface area contributed by atoms with Crippen LogP contribution in [0.5, 0.6) is 5.75 Å². The van der Waals surface area contributed by atoms with E-state index in [1.807, 2.05) is 36.4 Å². The maximum absolute atomic E-state index is 12.2. The van der Waals surface area contributed by atoms with Crippen LogP contribution in [-0.2, 0) is 25.3 Å². The molecule has 1 aliphatic heterocycles. The van der Waals surface area contributed by atoms with Gasteiger partial charge in [-0.3, -0.25) is 4.79 Å². The SMILES string of the molecule is COc1ccc(CO[C@@H]2CC(=O)O[C@@H]2CCO[Si](c2ccccc2)(c2ccccc2)C(C)(C)C)cc1. The van der Waals surface area contributed by atoms with E-state index in [1.54, 1.807) is 7.11 Å². The van der Waals surface area contributed by atoms with Gasteiger partial charge in [-0.05, 0) is 33.1 Å². The number of benzene rings is 3. The van der Waals surface area contributed by atoms with E-state index < -0.39 is 8.32 Å². The van der Waals surface area contributed by atoms with Gasteiger partial charge in [0, 0.05) is 13.0 Å². The molecule has 3 aromatic carbocycles. The van der Waals surface area contributed by atoms with Crippen molar-refractivity contribution in [3.8, 4) is 5.75 Å². The number of esters is 1. The van der Waals surface area contributed by atoms with Gasteiger partial charge < -0.3 is 18.6 Å². The maximum atomic E-state index is 12.2. The predicted octanol–water partition coefficient (Wildman–Crippen LogP) is 4.86. The fourth-order valence-corrected chi connectivity index (χ4v) is 9.59. The lowest BCUT2D eigenvalue weighted by molar-refractivity contribution is -0.142. The van der Waals surface area contributed by atoms with E-state index in [4.69, 9.17) is 18.6 Å². The first-order valence-corrected chi connectivity index (χ1v) is 14.4. The highest BCUT2D eigenvalue weighted by molar-refractivity contribution is 6.99. The Morgan fingerprint density at radius 1 is 0.889 bits per heavy atom. The fourth-order valence-electron chi connectivity index (χ4n) is 5.01. The molecule has 190 valence electrons. The molecule has 1 heterocycles. The van der Waals surface area contributed by atoms with Gasteiger partial charge in [-0.25, -0.2) is 0 Å². The lowest BCUT2D eigenvalue weighted by Gasteiger charge is -2.43. The third-order valence-corrected chi connectivity index (χ3v) is 11.9. The molecule has 5 nitrogen and oxygen atoms in total. The first kappa shape index (κ1) is 26.1. The number of hydrogen-bond donors (Lipinski definition) is 0. The molecule has 3 aromatic rings. The Morgan fingerprint density at radius 3 is 2.00 bits per heavy atom. The van der Waals surface area contributed by atoms with Crippen LogP contribution in [0, 0.1) is 0 Å². The van der Waals surface area contributed by atoms with Gasteiger partial charge in [0.05, 0.1) is 20.1 Å². The molecule has 0 spiro atoms. The minimum Gasteiger partial charge on any atom is -0.497 e. The summed E-state index contributed by atoms with van der Waals surface area (Å²) >= 11 is 0.